The number of hydrogen-bond donors (Lipinski definition) is 1. The van der Waals surface area contributed by atoms with E-state index in [1.807, 2.05) is 0 Å². The van der Waals surface area contributed by atoms with Crippen LogP contribution in [0, 0.1) is 0 Å². The lowest BCUT2D eigenvalue weighted by Gasteiger charge is -2.21. The van der Waals surface area contributed by atoms with Crippen molar-refractivity contribution in [1.82, 2.24) is 9.29 Å². The first-order valence-electron chi connectivity index (χ1n) is 6.17. The molecule has 1 aromatic heterocycles. The van der Waals surface area contributed by atoms with Gasteiger partial charge in [0, 0.05) is 33.5 Å². The highest BCUT2D eigenvalue weighted by Crippen LogP contribution is 2.14. The molecule has 118 valence electrons. The smallest absolute Gasteiger partial charge is 0.244 e. The zero-order chi connectivity index (χ0) is 15.9. The van der Waals surface area contributed by atoms with Crippen LogP contribution in [0.15, 0.2) is 23.2 Å². The summed E-state index contributed by atoms with van der Waals surface area (Å²) in [5.74, 6) is 0. The Morgan fingerprint density at radius 2 is 1.86 bits per heavy atom. The summed E-state index contributed by atoms with van der Waals surface area (Å²) in [4.78, 5) is 4.15. The standard InChI is InChI=1S/C12H19N3O4S2/c1-18-7-5-15(6-8-19-2)21(16,17)10-3-4-11(12(13)20)14-9-10/h3-4,9H,5-8H2,1-2H3,(H2,13,20). The first kappa shape index (κ1) is 17.9. The summed E-state index contributed by atoms with van der Waals surface area (Å²) < 4.78 is 36.2. The van der Waals surface area contributed by atoms with Crippen LogP contribution in [0.1, 0.15) is 5.69 Å². The maximum atomic E-state index is 12.5. The van der Waals surface area contributed by atoms with Gasteiger partial charge in [-0.3, -0.25) is 4.98 Å². The molecule has 0 aliphatic heterocycles. The van der Waals surface area contributed by atoms with Crippen molar-refractivity contribution in [1.29, 1.82) is 0 Å². The van der Waals surface area contributed by atoms with E-state index in [9.17, 15) is 8.42 Å². The molecule has 0 radical (unpaired) electrons. The fourth-order valence-electron chi connectivity index (χ4n) is 1.57. The highest BCUT2D eigenvalue weighted by atomic mass is 32.2. The van der Waals surface area contributed by atoms with Gasteiger partial charge >= 0.3 is 0 Å². The molecular weight excluding hydrogens is 314 g/mol. The molecule has 21 heavy (non-hydrogen) atoms. The monoisotopic (exact) mass is 333 g/mol. The summed E-state index contributed by atoms with van der Waals surface area (Å²) in [5.41, 5.74) is 5.82. The van der Waals surface area contributed by atoms with Crippen LogP contribution in [0.3, 0.4) is 0 Å². The molecule has 1 heterocycles. The molecule has 0 aliphatic rings. The van der Waals surface area contributed by atoms with E-state index in [1.165, 1.54) is 36.9 Å². The van der Waals surface area contributed by atoms with Crippen LogP contribution in [-0.4, -0.2) is 63.2 Å². The molecule has 0 bridgehead atoms. The lowest BCUT2D eigenvalue weighted by Crippen LogP contribution is -2.36. The van der Waals surface area contributed by atoms with Crippen LogP contribution in [0.25, 0.3) is 0 Å². The molecule has 2 N–H and O–H groups in total. The maximum absolute atomic E-state index is 12.5. The van der Waals surface area contributed by atoms with Crippen molar-refractivity contribution in [3.63, 3.8) is 0 Å². The van der Waals surface area contributed by atoms with Gasteiger partial charge in [-0.2, -0.15) is 4.31 Å². The quantitative estimate of drug-likeness (QED) is 0.636. The Balaban J connectivity index is 3.00. The number of aromatic nitrogens is 1. The first-order valence-corrected chi connectivity index (χ1v) is 8.02. The normalized spacial score (nSPS) is 11.8. The van der Waals surface area contributed by atoms with Crippen LogP contribution in [0.5, 0.6) is 0 Å². The summed E-state index contributed by atoms with van der Waals surface area (Å²) in [5, 5.41) is 0. The van der Waals surface area contributed by atoms with Gasteiger partial charge in [0.1, 0.15) is 9.88 Å². The number of hydrogen-bond acceptors (Lipinski definition) is 6. The fourth-order valence-corrected chi connectivity index (χ4v) is 3.04. The Bertz CT molecular complexity index is 552. The van der Waals surface area contributed by atoms with E-state index in [1.54, 1.807) is 0 Å². The minimum Gasteiger partial charge on any atom is -0.388 e. The van der Waals surface area contributed by atoms with Gasteiger partial charge < -0.3 is 15.2 Å². The summed E-state index contributed by atoms with van der Waals surface area (Å²) in [6.07, 6.45) is 1.25. The second kappa shape index (κ2) is 8.35. The summed E-state index contributed by atoms with van der Waals surface area (Å²) in [7, 11) is -0.634. The number of thiocarbonyl (C=S) groups is 1. The third-order valence-corrected chi connectivity index (χ3v) is 4.81. The van der Waals surface area contributed by atoms with Crippen molar-refractivity contribution in [2.24, 2.45) is 5.73 Å². The highest BCUT2D eigenvalue weighted by Gasteiger charge is 2.24. The highest BCUT2D eigenvalue weighted by molar-refractivity contribution is 7.89. The molecule has 0 saturated heterocycles. The molecule has 1 rings (SSSR count). The topological polar surface area (TPSA) is 94.8 Å². The summed E-state index contributed by atoms with van der Waals surface area (Å²) in [6, 6.07) is 2.92. The SMILES string of the molecule is COCCN(CCOC)S(=O)(=O)c1ccc(C(N)=S)nc1. The average Bonchev–Trinajstić information content (AvgIpc) is 2.47. The number of rotatable bonds is 9. The number of pyridine rings is 1. The largest absolute Gasteiger partial charge is 0.388 e. The predicted octanol–water partition coefficient (Wildman–Crippen LogP) is -0.000700. The Hall–Kier alpha value is -1.13. The molecule has 7 nitrogen and oxygen atoms in total. The zero-order valence-corrected chi connectivity index (χ0v) is 13.6. The minimum absolute atomic E-state index is 0.0784. The summed E-state index contributed by atoms with van der Waals surface area (Å²) >= 11 is 4.79. The number of sulfonamides is 1. The van der Waals surface area contributed by atoms with Crippen molar-refractivity contribution in [3.05, 3.63) is 24.0 Å². The summed E-state index contributed by atoms with van der Waals surface area (Å²) in [6.45, 7) is 1.06. The van der Waals surface area contributed by atoms with Crippen molar-refractivity contribution >= 4 is 27.2 Å². The van der Waals surface area contributed by atoms with Crippen LogP contribution in [0.2, 0.25) is 0 Å². The third-order valence-electron chi connectivity index (χ3n) is 2.72. The molecule has 0 aromatic carbocycles. The molecule has 0 spiro atoms. The minimum atomic E-state index is -3.66. The average molecular weight is 333 g/mol. The molecule has 0 unspecified atom stereocenters. The molecule has 0 amide bonds. The maximum Gasteiger partial charge on any atom is 0.244 e. The molecular formula is C12H19N3O4S2. The molecule has 1 aromatic rings. The molecule has 0 aliphatic carbocycles. The number of methoxy groups -OCH3 is 2. The van der Waals surface area contributed by atoms with Gasteiger partial charge in [-0.05, 0) is 12.1 Å². The number of ether oxygens (including phenoxy) is 2. The second-order valence-corrected chi connectivity index (χ2v) is 6.51. The van der Waals surface area contributed by atoms with Crippen LogP contribution in [0.4, 0.5) is 0 Å². The van der Waals surface area contributed by atoms with Gasteiger partial charge in [0.05, 0.1) is 18.9 Å². The molecule has 9 heteroatoms. The van der Waals surface area contributed by atoms with E-state index in [-0.39, 0.29) is 23.0 Å². The molecule has 0 fully saturated rings. The Kier molecular flexibility index (Phi) is 7.12. The molecule has 0 atom stereocenters. The van der Waals surface area contributed by atoms with Crippen LogP contribution < -0.4 is 5.73 Å². The van der Waals surface area contributed by atoms with E-state index in [0.717, 1.165) is 0 Å². The Labute approximate surface area is 130 Å². The predicted molar refractivity (Wildman–Crippen MR) is 82.6 cm³/mol. The fraction of sp³-hybridized carbons (Fsp3) is 0.500. The van der Waals surface area contributed by atoms with Gasteiger partial charge in [0.15, 0.2) is 0 Å². The van der Waals surface area contributed by atoms with Crippen molar-refractivity contribution in [3.8, 4) is 0 Å². The van der Waals surface area contributed by atoms with E-state index in [4.69, 9.17) is 27.4 Å². The second-order valence-electron chi connectivity index (χ2n) is 4.13. The number of nitrogens with zero attached hydrogens (tertiary/aromatic N) is 2. The van der Waals surface area contributed by atoms with Gasteiger partial charge in [0.2, 0.25) is 10.0 Å². The van der Waals surface area contributed by atoms with Crippen LogP contribution in [-0.2, 0) is 19.5 Å². The Morgan fingerprint density at radius 3 is 2.24 bits per heavy atom. The number of nitrogens with two attached hydrogens (primary N) is 1. The van der Waals surface area contributed by atoms with Gasteiger partial charge in [-0.1, -0.05) is 12.2 Å². The first-order chi connectivity index (χ1) is 9.93. The van der Waals surface area contributed by atoms with Crippen LogP contribution >= 0.6 is 12.2 Å². The van der Waals surface area contributed by atoms with Gasteiger partial charge in [-0.25, -0.2) is 8.42 Å². The zero-order valence-electron chi connectivity index (χ0n) is 12.0. The van der Waals surface area contributed by atoms with Gasteiger partial charge in [-0.15, -0.1) is 0 Å². The van der Waals surface area contributed by atoms with Crippen molar-refractivity contribution < 1.29 is 17.9 Å². The third kappa shape index (κ3) is 4.97. The van der Waals surface area contributed by atoms with E-state index in [2.05, 4.69) is 4.98 Å². The Morgan fingerprint density at radius 1 is 1.29 bits per heavy atom. The lowest BCUT2D eigenvalue weighted by molar-refractivity contribution is 0.150. The van der Waals surface area contributed by atoms with Gasteiger partial charge in [0.25, 0.3) is 0 Å². The van der Waals surface area contributed by atoms with Crippen molar-refractivity contribution in [2.75, 3.05) is 40.5 Å². The van der Waals surface area contributed by atoms with E-state index >= 15 is 0 Å². The van der Waals surface area contributed by atoms with Crippen molar-refractivity contribution in [2.45, 2.75) is 4.90 Å². The van der Waals surface area contributed by atoms with E-state index < -0.39 is 10.0 Å². The lowest BCUT2D eigenvalue weighted by atomic mass is 10.3. The van der Waals surface area contributed by atoms with E-state index in [0.29, 0.717) is 18.9 Å². The molecule has 0 saturated carbocycles.